The summed E-state index contributed by atoms with van der Waals surface area (Å²) in [6, 6.07) is 4.09. The highest BCUT2D eigenvalue weighted by atomic mass is 79.9. The van der Waals surface area contributed by atoms with Crippen LogP contribution in [0.5, 0.6) is 0 Å². The first-order valence-electron chi connectivity index (χ1n) is 5.56. The quantitative estimate of drug-likeness (QED) is 0.671. The summed E-state index contributed by atoms with van der Waals surface area (Å²) < 4.78 is 6.59. The minimum absolute atomic E-state index is 0.230. The Hall–Kier alpha value is -0.590. The van der Waals surface area contributed by atoms with Gasteiger partial charge in [0.05, 0.1) is 23.0 Å². The second-order valence-electron chi connectivity index (χ2n) is 4.01. The van der Waals surface area contributed by atoms with Gasteiger partial charge in [-0.2, -0.15) is 0 Å². The van der Waals surface area contributed by atoms with Crippen LogP contribution in [0.3, 0.4) is 0 Å². The number of morpholine rings is 1. The van der Waals surface area contributed by atoms with Crippen molar-refractivity contribution in [1.29, 1.82) is 0 Å². The van der Waals surface area contributed by atoms with Gasteiger partial charge in [0.15, 0.2) is 5.96 Å². The lowest BCUT2D eigenvalue weighted by Gasteiger charge is -2.31. The van der Waals surface area contributed by atoms with Gasteiger partial charge in [-0.25, -0.2) is 4.99 Å². The first kappa shape index (κ1) is 12.9. The molecule has 0 spiro atoms. The number of hydrogen-bond donors (Lipinski definition) is 1. The minimum atomic E-state index is 0.230. The number of nitrogens with zero attached hydrogens (tertiary/aromatic N) is 2. The second kappa shape index (κ2) is 5.84. The zero-order chi connectivity index (χ0) is 12.3. The summed E-state index contributed by atoms with van der Waals surface area (Å²) in [5, 5.41) is 0. The average Bonchev–Trinajstić information content (AvgIpc) is 2.72. The molecule has 1 aliphatic rings. The Morgan fingerprint density at radius 2 is 2.53 bits per heavy atom. The average molecular weight is 318 g/mol. The molecule has 1 aromatic rings. The van der Waals surface area contributed by atoms with Crippen LogP contribution in [0.15, 0.2) is 20.9 Å². The minimum Gasteiger partial charge on any atom is -0.375 e. The molecule has 94 valence electrons. The number of hydrogen-bond acceptors (Lipinski definition) is 3. The van der Waals surface area contributed by atoms with Crippen molar-refractivity contribution in [3.63, 3.8) is 0 Å². The molecule has 2 rings (SSSR count). The molecular weight excluding hydrogens is 302 g/mol. The third-order valence-electron chi connectivity index (χ3n) is 2.59. The van der Waals surface area contributed by atoms with Gasteiger partial charge >= 0.3 is 0 Å². The van der Waals surface area contributed by atoms with Crippen LogP contribution in [0, 0.1) is 0 Å². The third-order valence-corrected chi connectivity index (χ3v) is 4.20. The van der Waals surface area contributed by atoms with Crippen LogP contribution in [0.2, 0.25) is 0 Å². The normalized spacial score (nSPS) is 21.9. The van der Waals surface area contributed by atoms with E-state index in [0.717, 1.165) is 23.5 Å². The zero-order valence-electron chi connectivity index (χ0n) is 9.73. The van der Waals surface area contributed by atoms with E-state index in [1.165, 1.54) is 4.88 Å². The topological polar surface area (TPSA) is 50.8 Å². The van der Waals surface area contributed by atoms with Crippen LogP contribution in [0.4, 0.5) is 0 Å². The van der Waals surface area contributed by atoms with Gasteiger partial charge in [0.1, 0.15) is 0 Å². The molecule has 1 aliphatic heterocycles. The molecular formula is C11H16BrN3OS. The Balaban J connectivity index is 1.92. The van der Waals surface area contributed by atoms with E-state index in [4.69, 9.17) is 10.5 Å². The first-order chi connectivity index (χ1) is 8.15. The maximum Gasteiger partial charge on any atom is 0.191 e. The first-order valence-corrected chi connectivity index (χ1v) is 7.17. The van der Waals surface area contributed by atoms with E-state index < -0.39 is 0 Å². The summed E-state index contributed by atoms with van der Waals surface area (Å²) in [7, 11) is 0. The number of ether oxygens (including phenoxy) is 1. The molecule has 0 radical (unpaired) electrons. The molecule has 1 fully saturated rings. The molecule has 1 aromatic heterocycles. The molecule has 0 aliphatic carbocycles. The predicted molar refractivity (Wildman–Crippen MR) is 74.3 cm³/mol. The molecule has 1 saturated heterocycles. The molecule has 6 heteroatoms. The van der Waals surface area contributed by atoms with Crippen molar-refractivity contribution in [1.82, 2.24) is 4.90 Å². The van der Waals surface area contributed by atoms with Crippen molar-refractivity contribution in [3.8, 4) is 0 Å². The van der Waals surface area contributed by atoms with Gasteiger partial charge in [-0.05, 0) is 35.0 Å². The summed E-state index contributed by atoms with van der Waals surface area (Å²) in [6.45, 7) is 5.07. The van der Waals surface area contributed by atoms with Gasteiger partial charge in [-0.1, -0.05) is 0 Å². The van der Waals surface area contributed by atoms with E-state index >= 15 is 0 Å². The van der Waals surface area contributed by atoms with Crippen molar-refractivity contribution >= 4 is 33.2 Å². The number of guanidine groups is 1. The second-order valence-corrected chi connectivity index (χ2v) is 6.56. The standard InChI is InChI=1S/C11H16BrN3OS/c1-8-7-15(4-5-16-8)11(13)14-6-9-2-3-10(12)17-9/h2-3,8H,4-7H2,1H3,(H2,13,14). The molecule has 0 amide bonds. The fourth-order valence-electron chi connectivity index (χ4n) is 1.72. The molecule has 4 nitrogen and oxygen atoms in total. The van der Waals surface area contributed by atoms with Gasteiger partial charge < -0.3 is 15.4 Å². The van der Waals surface area contributed by atoms with Gasteiger partial charge in [0.2, 0.25) is 0 Å². The van der Waals surface area contributed by atoms with Crippen molar-refractivity contribution in [2.75, 3.05) is 19.7 Å². The summed E-state index contributed by atoms with van der Waals surface area (Å²) in [5.41, 5.74) is 5.98. The van der Waals surface area contributed by atoms with Crippen molar-refractivity contribution in [2.45, 2.75) is 19.6 Å². The lowest BCUT2D eigenvalue weighted by molar-refractivity contribution is 0.00529. The highest BCUT2D eigenvalue weighted by molar-refractivity contribution is 9.11. The van der Waals surface area contributed by atoms with Crippen LogP contribution < -0.4 is 5.73 Å². The fraction of sp³-hybridized carbons (Fsp3) is 0.545. The SMILES string of the molecule is CC1CN(C(N)=NCc2ccc(Br)s2)CCO1. The largest absolute Gasteiger partial charge is 0.375 e. The van der Waals surface area contributed by atoms with Crippen LogP contribution in [0.1, 0.15) is 11.8 Å². The van der Waals surface area contributed by atoms with Crippen LogP contribution in [-0.4, -0.2) is 36.7 Å². The van der Waals surface area contributed by atoms with E-state index in [0.29, 0.717) is 12.5 Å². The molecule has 2 heterocycles. The monoisotopic (exact) mass is 317 g/mol. The Bertz CT molecular complexity index is 407. The summed E-state index contributed by atoms with van der Waals surface area (Å²) in [5.74, 6) is 0.615. The van der Waals surface area contributed by atoms with Crippen molar-refractivity contribution in [3.05, 3.63) is 20.8 Å². The predicted octanol–water partition coefficient (Wildman–Crippen LogP) is 2.05. The lowest BCUT2D eigenvalue weighted by Crippen LogP contribution is -2.47. The number of thiophene rings is 1. The van der Waals surface area contributed by atoms with Gasteiger partial charge in [0.25, 0.3) is 0 Å². The molecule has 0 bridgehead atoms. The lowest BCUT2D eigenvalue weighted by atomic mass is 10.3. The molecule has 17 heavy (non-hydrogen) atoms. The highest BCUT2D eigenvalue weighted by Crippen LogP contribution is 2.22. The van der Waals surface area contributed by atoms with Crippen LogP contribution in [-0.2, 0) is 11.3 Å². The van der Waals surface area contributed by atoms with E-state index in [1.807, 2.05) is 6.07 Å². The zero-order valence-corrected chi connectivity index (χ0v) is 12.1. The number of nitrogens with two attached hydrogens (primary N) is 1. The number of aliphatic imine (C=N–C) groups is 1. The summed E-state index contributed by atoms with van der Waals surface area (Å²) in [4.78, 5) is 7.71. The summed E-state index contributed by atoms with van der Waals surface area (Å²) >= 11 is 5.12. The Morgan fingerprint density at radius 3 is 3.18 bits per heavy atom. The summed E-state index contributed by atoms with van der Waals surface area (Å²) in [6.07, 6.45) is 0.230. The van der Waals surface area contributed by atoms with E-state index in [9.17, 15) is 0 Å². The number of halogens is 1. The molecule has 0 aromatic carbocycles. The molecule has 2 N–H and O–H groups in total. The van der Waals surface area contributed by atoms with Crippen LogP contribution in [0.25, 0.3) is 0 Å². The molecule has 1 atom stereocenters. The fourth-order valence-corrected chi connectivity index (χ4v) is 3.13. The molecule has 0 saturated carbocycles. The number of rotatable bonds is 2. The third kappa shape index (κ3) is 3.69. The Kier molecular flexibility index (Phi) is 4.42. The highest BCUT2D eigenvalue weighted by Gasteiger charge is 2.17. The molecule has 1 unspecified atom stereocenters. The van der Waals surface area contributed by atoms with Crippen LogP contribution >= 0.6 is 27.3 Å². The smallest absolute Gasteiger partial charge is 0.191 e. The van der Waals surface area contributed by atoms with Gasteiger partial charge in [-0.3, -0.25) is 0 Å². The van der Waals surface area contributed by atoms with Crippen molar-refractivity contribution in [2.24, 2.45) is 10.7 Å². The Labute approximate surface area is 114 Å². The maximum atomic E-state index is 5.98. The Morgan fingerprint density at radius 1 is 1.71 bits per heavy atom. The maximum absolute atomic E-state index is 5.98. The van der Waals surface area contributed by atoms with Crippen molar-refractivity contribution < 1.29 is 4.74 Å². The van der Waals surface area contributed by atoms with Gasteiger partial charge in [0, 0.05) is 18.0 Å². The van der Waals surface area contributed by atoms with E-state index in [1.54, 1.807) is 11.3 Å². The van der Waals surface area contributed by atoms with Gasteiger partial charge in [-0.15, -0.1) is 11.3 Å². The van der Waals surface area contributed by atoms with E-state index in [-0.39, 0.29) is 6.10 Å². The van der Waals surface area contributed by atoms with E-state index in [2.05, 4.69) is 38.8 Å².